The highest BCUT2D eigenvalue weighted by molar-refractivity contribution is 5.77. The molecule has 2 heteroatoms. The summed E-state index contributed by atoms with van der Waals surface area (Å²) in [5, 5.41) is 9.25. The van der Waals surface area contributed by atoms with Gasteiger partial charge in [0.15, 0.2) is 0 Å². The molecule has 150 valence electrons. The summed E-state index contributed by atoms with van der Waals surface area (Å²) in [4.78, 5) is 11.2. The average molecular weight is 371 g/mol. The highest BCUT2D eigenvalue weighted by Crippen LogP contribution is 2.50. The van der Waals surface area contributed by atoms with Crippen LogP contribution in [0.2, 0.25) is 0 Å². The quantitative estimate of drug-likeness (QED) is 0.360. The van der Waals surface area contributed by atoms with E-state index < -0.39 is 5.97 Å². The van der Waals surface area contributed by atoms with Crippen LogP contribution in [0.3, 0.4) is 0 Å². The van der Waals surface area contributed by atoms with Gasteiger partial charge >= 0.3 is 5.97 Å². The fraction of sp³-hybridized carbons (Fsp3) is 0.720. The van der Waals surface area contributed by atoms with Crippen molar-refractivity contribution in [1.82, 2.24) is 0 Å². The zero-order chi connectivity index (χ0) is 19.2. The predicted molar refractivity (Wildman–Crippen MR) is 112 cm³/mol. The molecule has 2 aliphatic rings. The minimum atomic E-state index is -0.570. The molecular formula is C25H38O2. The fourth-order valence-electron chi connectivity index (χ4n) is 4.41. The standard InChI is InChI=1S/C25H38O2/c1-24(17-18-24)15-9-3-2-5-11-21-13-7-8-14-22(21)12-6-4-10-16-25(19-20-25)23(26)27/h7-8,13-14H,2-6,9-12,15-20H2,1H3,(H,26,27). The van der Waals surface area contributed by atoms with Crippen molar-refractivity contribution in [2.75, 3.05) is 0 Å². The zero-order valence-corrected chi connectivity index (χ0v) is 17.3. The van der Waals surface area contributed by atoms with Gasteiger partial charge in [-0.05, 0) is 80.8 Å². The third-order valence-electron chi connectivity index (χ3n) is 7.11. The first-order valence-corrected chi connectivity index (χ1v) is 11.3. The molecule has 0 atom stereocenters. The van der Waals surface area contributed by atoms with Crippen molar-refractivity contribution in [3.63, 3.8) is 0 Å². The number of aryl methyl sites for hydroxylation is 2. The number of rotatable bonds is 14. The largest absolute Gasteiger partial charge is 0.481 e. The van der Waals surface area contributed by atoms with E-state index in [1.54, 1.807) is 0 Å². The summed E-state index contributed by atoms with van der Waals surface area (Å²) in [5.41, 5.74) is 3.43. The summed E-state index contributed by atoms with van der Waals surface area (Å²) in [6.45, 7) is 2.44. The second kappa shape index (κ2) is 9.26. The van der Waals surface area contributed by atoms with Gasteiger partial charge in [0.05, 0.1) is 5.41 Å². The maximum absolute atomic E-state index is 11.2. The minimum absolute atomic E-state index is 0.338. The number of hydrogen-bond donors (Lipinski definition) is 1. The van der Waals surface area contributed by atoms with Crippen molar-refractivity contribution in [3.05, 3.63) is 35.4 Å². The van der Waals surface area contributed by atoms with Crippen LogP contribution in [0.1, 0.15) is 102 Å². The molecule has 27 heavy (non-hydrogen) atoms. The molecule has 1 N–H and O–H groups in total. The molecule has 2 aliphatic carbocycles. The van der Waals surface area contributed by atoms with Crippen LogP contribution in [-0.2, 0) is 17.6 Å². The van der Waals surface area contributed by atoms with E-state index in [4.69, 9.17) is 0 Å². The Balaban J connectivity index is 1.29. The number of carboxylic acids is 1. The number of carbonyl (C=O) groups is 1. The Kier molecular flexibility index (Phi) is 7.00. The lowest BCUT2D eigenvalue weighted by Crippen LogP contribution is -2.14. The Hall–Kier alpha value is -1.31. The molecule has 0 saturated heterocycles. The first kappa shape index (κ1) is 20.4. The molecule has 0 heterocycles. The van der Waals surface area contributed by atoms with Gasteiger partial charge in [-0.15, -0.1) is 0 Å². The number of aliphatic carboxylic acids is 1. The summed E-state index contributed by atoms with van der Waals surface area (Å²) in [6.07, 6.45) is 18.3. The molecule has 2 fully saturated rings. The molecule has 0 bridgehead atoms. The van der Waals surface area contributed by atoms with Crippen LogP contribution in [0.25, 0.3) is 0 Å². The van der Waals surface area contributed by atoms with Gasteiger partial charge in [0.25, 0.3) is 0 Å². The highest BCUT2D eigenvalue weighted by atomic mass is 16.4. The second-order valence-corrected chi connectivity index (χ2v) is 9.64. The van der Waals surface area contributed by atoms with Crippen LogP contribution in [0.5, 0.6) is 0 Å². The lowest BCUT2D eigenvalue weighted by Gasteiger charge is -2.11. The third kappa shape index (κ3) is 6.36. The Morgan fingerprint density at radius 1 is 0.815 bits per heavy atom. The van der Waals surface area contributed by atoms with Gasteiger partial charge in [0.2, 0.25) is 0 Å². The van der Waals surface area contributed by atoms with Gasteiger partial charge in [-0.3, -0.25) is 4.79 Å². The summed E-state index contributed by atoms with van der Waals surface area (Å²) in [5.74, 6) is -0.570. The van der Waals surface area contributed by atoms with Crippen LogP contribution in [0, 0.1) is 10.8 Å². The first-order valence-electron chi connectivity index (χ1n) is 11.3. The molecule has 0 unspecified atom stereocenters. The van der Waals surface area contributed by atoms with Crippen molar-refractivity contribution in [2.24, 2.45) is 10.8 Å². The number of hydrogen-bond acceptors (Lipinski definition) is 1. The highest BCUT2D eigenvalue weighted by Gasteiger charge is 2.49. The van der Waals surface area contributed by atoms with E-state index in [-0.39, 0.29) is 5.41 Å². The van der Waals surface area contributed by atoms with Crippen molar-refractivity contribution in [3.8, 4) is 0 Å². The molecule has 0 amide bonds. The fourth-order valence-corrected chi connectivity index (χ4v) is 4.41. The monoisotopic (exact) mass is 370 g/mol. The lowest BCUT2D eigenvalue weighted by molar-refractivity contribution is -0.143. The lowest BCUT2D eigenvalue weighted by atomic mass is 9.94. The zero-order valence-electron chi connectivity index (χ0n) is 17.3. The molecule has 0 radical (unpaired) electrons. The van der Waals surface area contributed by atoms with Crippen molar-refractivity contribution in [2.45, 2.75) is 103 Å². The number of unbranched alkanes of at least 4 members (excludes halogenated alkanes) is 5. The molecule has 0 aliphatic heterocycles. The summed E-state index contributed by atoms with van der Waals surface area (Å²) in [7, 11) is 0. The molecule has 0 spiro atoms. The van der Waals surface area contributed by atoms with E-state index in [1.807, 2.05) is 0 Å². The summed E-state index contributed by atoms with van der Waals surface area (Å²) >= 11 is 0. The van der Waals surface area contributed by atoms with Gasteiger partial charge in [-0.2, -0.15) is 0 Å². The van der Waals surface area contributed by atoms with Crippen LogP contribution in [0.15, 0.2) is 24.3 Å². The first-order chi connectivity index (χ1) is 13.0. The Morgan fingerprint density at radius 2 is 1.33 bits per heavy atom. The number of benzene rings is 1. The SMILES string of the molecule is CC1(CCCCCCc2ccccc2CCCCCC2(C(=O)O)CC2)CC1. The molecule has 0 aromatic heterocycles. The van der Waals surface area contributed by atoms with E-state index >= 15 is 0 Å². The van der Waals surface area contributed by atoms with E-state index in [1.165, 1.54) is 68.9 Å². The summed E-state index contributed by atoms with van der Waals surface area (Å²) in [6, 6.07) is 8.95. The molecule has 1 aromatic rings. The molecular weight excluding hydrogens is 332 g/mol. The van der Waals surface area contributed by atoms with E-state index in [2.05, 4.69) is 31.2 Å². The normalized spacial score (nSPS) is 19.0. The Morgan fingerprint density at radius 3 is 1.85 bits per heavy atom. The molecule has 2 nitrogen and oxygen atoms in total. The third-order valence-corrected chi connectivity index (χ3v) is 7.11. The van der Waals surface area contributed by atoms with E-state index in [0.29, 0.717) is 0 Å². The minimum Gasteiger partial charge on any atom is -0.481 e. The molecule has 3 rings (SSSR count). The average Bonchev–Trinajstić information content (AvgIpc) is 3.57. The smallest absolute Gasteiger partial charge is 0.309 e. The van der Waals surface area contributed by atoms with Crippen LogP contribution in [-0.4, -0.2) is 11.1 Å². The maximum Gasteiger partial charge on any atom is 0.309 e. The Labute approximate surface area is 165 Å². The van der Waals surface area contributed by atoms with Gasteiger partial charge < -0.3 is 5.11 Å². The van der Waals surface area contributed by atoms with Crippen LogP contribution >= 0.6 is 0 Å². The van der Waals surface area contributed by atoms with E-state index in [0.717, 1.165) is 43.9 Å². The van der Waals surface area contributed by atoms with Crippen molar-refractivity contribution < 1.29 is 9.90 Å². The van der Waals surface area contributed by atoms with Crippen LogP contribution in [0.4, 0.5) is 0 Å². The predicted octanol–water partition coefficient (Wildman–Crippen LogP) is 6.95. The summed E-state index contributed by atoms with van der Waals surface area (Å²) < 4.78 is 0. The maximum atomic E-state index is 11.2. The van der Waals surface area contributed by atoms with Crippen molar-refractivity contribution >= 4 is 5.97 Å². The molecule has 1 aromatic carbocycles. The second-order valence-electron chi connectivity index (χ2n) is 9.64. The van der Waals surface area contributed by atoms with Gasteiger partial charge in [0.1, 0.15) is 0 Å². The van der Waals surface area contributed by atoms with E-state index in [9.17, 15) is 9.90 Å². The molecule has 2 saturated carbocycles. The van der Waals surface area contributed by atoms with Crippen LogP contribution < -0.4 is 0 Å². The topological polar surface area (TPSA) is 37.3 Å². The van der Waals surface area contributed by atoms with Gasteiger partial charge in [-0.25, -0.2) is 0 Å². The number of carboxylic acid groups (broad SMARTS) is 1. The van der Waals surface area contributed by atoms with Crippen molar-refractivity contribution in [1.29, 1.82) is 0 Å². The van der Waals surface area contributed by atoms with Gasteiger partial charge in [-0.1, -0.05) is 63.3 Å². The van der Waals surface area contributed by atoms with Gasteiger partial charge in [0, 0.05) is 0 Å². The Bertz CT molecular complexity index is 611.